The Hall–Kier alpha value is -5.04. The molecule has 1 aromatic heterocycles. The maximum atomic E-state index is 12.7. The lowest BCUT2D eigenvalue weighted by Crippen LogP contribution is -2.04. The highest BCUT2D eigenvalue weighted by molar-refractivity contribution is 6.18. The maximum Gasteiger partial charge on any atom is 0.356 e. The summed E-state index contributed by atoms with van der Waals surface area (Å²) < 4.78 is 1.80. The van der Waals surface area contributed by atoms with Crippen LogP contribution in [0, 0.1) is 20.2 Å². The van der Waals surface area contributed by atoms with Crippen LogP contribution in [-0.2, 0) is 7.05 Å². The molecule has 0 radical (unpaired) electrons. The molecule has 5 aromatic carbocycles. The van der Waals surface area contributed by atoms with Crippen molar-refractivity contribution in [2.45, 2.75) is 0 Å². The predicted octanol–water partition coefficient (Wildman–Crippen LogP) is 7.64. The van der Waals surface area contributed by atoms with Crippen LogP contribution in [0.25, 0.3) is 54.7 Å². The zero-order valence-corrected chi connectivity index (χ0v) is 19.2. The Morgan fingerprint density at radius 2 is 1.06 bits per heavy atom. The Labute approximate surface area is 205 Å². The molecule has 6 aromatic rings. The van der Waals surface area contributed by atoms with Crippen LogP contribution < -0.4 is 0 Å². The predicted molar refractivity (Wildman–Crippen MR) is 142 cm³/mol. The Morgan fingerprint density at radius 3 is 1.61 bits per heavy atom. The van der Waals surface area contributed by atoms with Crippen LogP contribution in [0.1, 0.15) is 0 Å². The van der Waals surface area contributed by atoms with Gasteiger partial charge in [-0.3, -0.25) is 20.2 Å². The molecule has 0 unspecified atom stereocenters. The van der Waals surface area contributed by atoms with E-state index < -0.39 is 21.2 Å². The van der Waals surface area contributed by atoms with E-state index in [-0.39, 0.29) is 11.1 Å². The summed E-state index contributed by atoms with van der Waals surface area (Å²) in [5.41, 5.74) is 1.24. The van der Waals surface area contributed by atoms with E-state index in [1.165, 1.54) is 0 Å². The third-order valence-corrected chi connectivity index (χ3v) is 6.76. The fraction of sp³-hybridized carbons (Fsp3) is 0.0345. The zero-order chi connectivity index (χ0) is 25.0. The Balaban J connectivity index is 1.88. The van der Waals surface area contributed by atoms with E-state index in [1.54, 1.807) is 36.0 Å². The molecule has 0 bridgehead atoms. The quantitative estimate of drug-likeness (QED) is 0.194. The van der Waals surface area contributed by atoms with Gasteiger partial charge in [-0.15, -0.1) is 0 Å². The minimum absolute atomic E-state index is 0.245. The van der Waals surface area contributed by atoms with E-state index in [0.717, 1.165) is 21.5 Å². The van der Waals surface area contributed by atoms with Crippen molar-refractivity contribution in [2.24, 2.45) is 7.05 Å². The van der Waals surface area contributed by atoms with Gasteiger partial charge in [0.25, 0.3) is 0 Å². The van der Waals surface area contributed by atoms with E-state index >= 15 is 0 Å². The van der Waals surface area contributed by atoms with E-state index in [9.17, 15) is 20.2 Å². The summed E-state index contributed by atoms with van der Waals surface area (Å²) in [6.07, 6.45) is 1.79. The Morgan fingerprint density at radius 1 is 0.583 bits per heavy atom. The number of benzene rings is 5. The summed E-state index contributed by atoms with van der Waals surface area (Å²) in [5, 5.41) is 29.3. The minimum Gasteiger partial charge on any atom is -0.350 e. The molecule has 0 aliphatic rings. The molecular formula is C29H19N3O4. The van der Waals surface area contributed by atoms with Crippen molar-refractivity contribution in [2.75, 3.05) is 0 Å². The summed E-state index contributed by atoms with van der Waals surface area (Å²) in [6.45, 7) is 0. The van der Waals surface area contributed by atoms with E-state index in [4.69, 9.17) is 0 Å². The van der Waals surface area contributed by atoms with Crippen molar-refractivity contribution in [3.63, 3.8) is 0 Å². The molecule has 1 heterocycles. The fourth-order valence-electron chi connectivity index (χ4n) is 5.29. The number of aromatic nitrogens is 1. The number of nitro benzene ring substituents is 2. The number of fused-ring (bicyclic) bond motifs is 3. The van der Waals surface area contributed by atoms with Crippen LogP contribution in [0.5, 0.6) is 0 Å². The molecule has 7 heteroatoms. The highest BCUT2D eigenvalue weighted by atomic mass is 16.6. The van der Waals surface area contributed by atoms with Gasteiger partial charge in [-0.25, -0.2) is 0 Å². The lowest BCUT2D eigenvalue weighted by Gasteiger charge is -2.15. The van der Waals surface area contributed by atoms with Crippen LogP contribution >= 0.6 is 0 Å². The second-order valence-electron chi connectivity index (χ2n) is 8.70. The first-order chi connectivity index (χ1) is 17.5. The molecule has 36 heavy (non-hydrogen) atoms. The van der Waals surface area contributed by atoms with E-state index in [1.807, 2.05) is 72.8 Å². The summed E-state index contributed by atoms with van der Waals surface area (Å²) in [4.78, 5) is 24.1. The lowest BCUT2D eigenvalue weighted by molar-refractivity contribution is -0.421. The molecule has 0 N–H and O–H groups in total. The van der Waals surface area contributed by atoms with Gasteiger partial charge in [0.1, 0.15) is 0 Å². The summed E-state index contributed by atoms with van der Waals surface area (Å²) in [7, 11) is 1.80. The Kier molecular flexibility index (Phi) is 4.79. The first-order valence-corrected chi connectivity index (χ1v) is 11.4. The average Bonchev–Trinajstić information content (AvgIpc) is 3.27. The van der Waals surface area contributed by atoms with E-state index in [2.05, 4.69) is 0 Å². The van der Waals surface area contributed by atoms with Crippen molar-refractivity contribution in [3.8, 4) is 22.3 Å². The third-order valence-electron chi connectivity index (χ3n) is 6.76. The molecular weight excluding hydrogens is 454 g/mol. The monoisotopic (exact) mass is 473 g/mol. The van der Waals surface area contributed by atoms with Crippen molar-refractivity contribution < 1.29 is 9.85 Å². The number of hydrogen-bond acceptors (Lipinski definition) is 4. The number of nitro groups is 2. The third kappa shape index (κ3) is 3.06. The summed E-state index contributed by atoms with van der Waals surface area (Å²) in [5.74, 6) is 0. The van der Waals surface area contributed by atoms with Crippen LogP contribution in [0.4, 0.5) is 11.4 Å². The summed E-state index contributed by atoms with van der Waals surface area (Å²) >= 11 is 0. The molecule has 0 spiro atoms. The average molecular weight is 473 g/mol. The van der Waals surface area contributed by atoms with Crippen molar-refractivity contribution >= 4 is 43.8 Å². The topological polar surface area (TPSA) is 91.2 Å². The largest absolute Gasteiger partial charge is 0.356 e. The number of nitrogens with zero attached hydrogens (tertiary/aromatic N) is 3. The second kappa shape index (κ2) is 8.02. The first-order valence-electron chi connectivity index (χ1n) is 11.4. The van der Waals surface area contributed by atoms with E-state index in [0.29, 0.717) is 22.0 Å². The number of rotatable bonds is 4. The van der Waals surface area contributed by atoms with Gasteiger partial charge in [0.15, 0.2) is 0 Å². The smallest absolute Gasteiger partial charge is 0.350 e. The second-order valence-corrected chi connectivity index (χ2v) is 8.70. The SMILES string of the molecule is Cn1ccc2c(-c3cccc4ccccc34)c([N+](=O)[O-])c([N+](=O)[O-])c(-c3cccc4ccccc34)c21. The van der Waals surface area contributed by atoms with Crippen molar-refractivity contribution in [1.29, 1.82) is 0 Å². The molecule has 0 saturated carbocycles. The molecule has 6 rings (SSSR count). The molecule has 0 aliphatic carbocycles. The van der Waals surface area contributed by atoms with Gasteiger partial charge in [0.2, 0.25) is 0 Å². The highest BCUT2D eigenvalue weighted by Gasteiger charge is 2.38. The highest BCUT2D eigenvalue weighted by Crippen LogP contribution is 2.52. The van der Waals surface area contributed by atoms with Gasteiger partial charge in [-0.05, 0) is 38.7 Å². The van der Waals surface area contributed by atoms with Gasteiger partial charge in [0, 0.05) is 18.6 Å². The zero-order valence-electron chi connectivity index (χ0n) is 19.2. The molecule has 7 nitrogen and oxygen atoms in total. The normalized spacial score (nSPS) is 11.4. The van der Waals surface area contributed by atoms with Gasteiger partial charge in [0.05, 0.1) is 26.5 Å². The van der Waals surface area contributed by atoms with Gasteiger partial charge >= 0.3 is 11.4 Å². The molecule has 0 amide bonds. The van der Waals surface area contributed by atoms with Crippen LogP contribution in [0.3, 0.4) is 0 Å². The van der Waals surface area contributed by atoms with Gasteiger partial charge in [-0.1, -0.05) is 84.9 Å². The van der Waals surface area contributed by atoms with Crippen molar-refractivity contribution in [1.82, 2.24) is 4.57 Å². The fourth-order valence-corrected chi connectivity index (χ4v) is 5.29. The van der Waals surface area contributed by atoms with Gasteiger partial charge < -0.3 is 4.57 Å². The Bertz CT molecular complexity index is 1860. The molecule has 0 fully saturated rings. The van der Waals surface area contributed by atoms with Crippen LogP contribution in [-0.4, -0.2) is 14.4 Å². The first kappa shape index (κ1) is 21.5. The lowest BCUT2D eigenvalue weighted by atomic mass is 9.88. The molecule has 0 saturated heterocycles. The van der Waals surface area contributed by atoms with Gasteiger partial charge in [-0.2, -0.15) is 0 Å². The van der Waals surface area contributed by atoms with Crippen LogP contribution in [0.2, 0.25) is 0 Å². The molecule has 0 atom stereocenters. The maximum absolute atomic E-state index is 12.7. The molecule has 174 valence electrons. The number of aryl methyl sites for hydroxylation is 1. The molecule has 0 aliphatic heterocycles. The number of hydrogen-bond donors (Lipinski definition) is 0. The van der Waals surface area contributed by atoms with Crippen LogP contribution in [0.15, 0.2) is 97.2 Å². The van der Waals surface area contributed by atoms with Crippen molar-refractivity contribution in [3.05, 3.63) is 117 Å². The standard InChI is InChI=1S/C29H19N3O4/c1-30-17-16-24-25(22-14-6-10-18-8-2-4-12-20(18)22)28(31(33)34)29(32(35)36)26(27(24)30)23-15-7-11-19-9-3-5-13-21(19)23/h2-17H,1H3. The summed E-state index contributed by atoms with van der Waals surface area (Å²) in [6, 6.07) is 28.0. The minimum atomic E-state index is -0.615.